The van der Waals surface area contributed by atoms with Crippen LogP contribution in [0.25, 0.3) is 0 Å². The Morgan fingerprint density at radius 3 is 2.76 bits per heavy atom. The Kier molecular flexibility index (Phi) is 6.05. The molecule has 0 aliphatic carbocycles. The molecule has 1 aromatic carbocycles. The van der Waals surface area contributed by atoms with Gasteiger partial charge in [-0.15, -0.1) is 0 Å². The maximum absolute atomic E-state index is 5.74. The molecule has 0 bridgehead atoms. The summed E-state index contributed by atoms with van der Waals surface area (Å²) in [7, 11) is 0. The molecule has 0 aliphatic heterocycles. The van der Waals surface area contributed by atoms with Crippen molar-refractivity contribution in [2.45, 2.75) is 26.1 Å². The van der Waals surface area contributed by atoms with Gasteiger partial charge in [0.05, 0.1) is 18.9 Å². The second-order valence-corrected chi connectivity index (χ2v) is 6.25. The summed E-state index contributed by atoms with van der Waals surface area (Å²) in [5.74, 6) is 4.31. The first-order valence-electron chi connectivity index (χ1n) is 7.20. The van der Waals surface area contributed by atoms with Crippen molar-refractivity contribution in [1.29, 1.82) is 0 Å². The van der Waals surface area contributed by atoms with Gasteiger partial charge in [-0.1, -0.05) is 19.9 Å². The maximum atomic E-state index is 5.74. The molecule has 21 heavy (non-hydrogen) atoms. The number of furan rings is 1. The molecule has 0 atom stereocenters. The Bertz CT molecular complexity index is 551. The fourth-order valence-corrected chi connectivity index (χ4v) is 2.32. The molecule has 0 saturated carbocycles. The zero-order chi connectivity index (χ0) is 15.1. The molecular weight excluding hydrogens is 282 g/mol. The molecule has 0 unspecified atom stereocenters. The van der Waals surface area contributed by atoms with E-state index in [9.17, 15) is 0 Å². The molecule has 1 heterocycles. The lowest BCUT2D eigenvalue weighted by Crippen LogP contribution is -2.05. The van der Waals surface area contributed by atoms with Gasteiger partial charge >= 0.3 is 0 Å². The van der Waals surface area contributed by atoms with Crippen LogP contribution in [0, 0.1) is 5.92 Å². The van der Waals surface area contributed by atoms with Gasteiger partial charge in [0.15, 0.2) is 0 Å². The molecule has 114 valence electrons. The Labute approximate surface area is 131 Å². The number of nitrogens with one attached hydrogen (secondary N) is 1. The van der Waals surface area contributed by atoms with Crippen LogP contribution in [-0.2, 0) is 12.3 Å². The van der Waals surface area contributed by atoms with Gasteiger partial charge in [0.25, 0.3) is 0 Å². The van der Waals surface area contributed by atoms with E-state index in [0.29, 0.717) is 12.5 Å². The van der Waals surface area contributed by atoms with E-state index in [0.717, 1.165) is 35.3 Å². The molecule has 0 amide bonds. The monoisotopic (exact) mass is 305 g/mol. The summed E-state index contributed by atoms with van der Waals surface area (Å²) in [6.45, 7) is 5.71. The minimum Gasteiger partial charge on any atom is -0.493 e. The number of anilines is 1. The van der Waals surface area contributed by atoms with E-state index in [1.54, 1.807) is 11.8 Å². The van der Waals surface area contributed by atoms with Gasteiger partial charge in [-0.2, -0.15) is 11.8 Å². The Morgan fingerprint density at radius 2 is 2.00 bits per heavy atom. The largest absolute Gasteiger partial charge is 0.493 e. The highest BCUT2D eigenvalue weighted by Crippen LogP contribution is 2.20. The molecule has 0 aliphatic rings. The van der Waals surface area contributed by atoms with E-state index in [1.807, 2.05) is 36.4 Å². The van der Waals surface area contributed by atoms with Crippen LogP contribution >= 0.6 is 11.8 Å². The first-order chi connectivity index (χ1) is 10.2. The van der Waals surface area contributed by atoms with Gasteiger partial charge < -0.3 is 14.5 Å². The molecule has 2 rings (SSSR count). The molecule has 0 saturated heterocycles. The second-order valence-electron chi connectivity index (χ2n) is 5.39. The molecule has 1 N–H and O–H groups in total. The van der Waals surface area contributed by atoms with Crippen LogP contribution in [-0.4, -0.2) is 12.9 Å². The van der Waals surface area contributed by atoms with Crippen LogP contribution in [0.5, 0.6) is 5.75 Å². The summed E-state index contributed by atoms with van der Waals surface area (Å²) >= 11 is 1.76. The van der Waals surface area contributed by atoms with Crippen LogP contribution in [0.2, 0.25) is 0 Å². The molecular formula is C17H23NO2S. The number of rotatable bonds is 8. The van der Waals surface area contributed by atoms with Gasteiger partial charge in [0.1, 0.15) is 17.3 Å². The van der Waals surface area contributed by atoms with Gasteiger partial charge in [-0.25, -0.2) is 0 Å². The summed E-state index contributed by atoms with van der Waals surface area (Å²) in [5, 5.41) is 3.36. The summed E-state index contributed by atoms with van der Waals surface area (Å²) in [6, 6.07) is 12.1. The Morgan fingerprint density at radius 1 is 1.19 bits per heavy atom. The maximum Gasteiger partial charge on any atom is 0.123 e. The lowest BCUT2D eigenvalue weighted by molar-refractivity contribution is 0.271. The highest BCUT2D eigenvalue weighted by molar-refractivity contribution is 7.97. The summed E-state index contributed by atoms with van der Waals surface area (Å²) in [5.41, 5.74) is 1.04. The van der Waals surface area contributed by atoms with Crippen molar-refractivity contribution in [3.05, 3.63) is 47.9 Å². The summed E-state index contributed by atoms with van der Waals surface area (Å²) in [4.78, 5) is 0. The van der Waals surface area contributed by atoms with E-state index >= 15 is 0 Å². The van der Waals surface area contributed by atoms with E-state index in [2.05, 4.69) is 25.4 Å². The third-order valence-electron chi connectivity index (χ3n) is 2.89. The number of hydrogen-bond donors (Lipinski definition) is 1. The second kappa shape index (κ2) is 8.03. The molecule has 2 aromatic rings. The Balaban J connectivity index is 1.88. The van der Waals surface area contributed by atoms with Crippen molar-refractivity contribution in [2.75, 3.05) is 18.2 Å². The number of benzene rings is 1. The fourth-order valence-electron chi connectivity index (χ4n) is 1.89. The van der Waals surface area contributed by atoms with Crippen molar-refractivity contribution >= 4 is 17.4 Å². The molecule has 1 aromatic heterocycles. The first-order valence-corrected chi connectivity index (χ1v) is 8.60. The molecule has 0 spiro atoms. The van der Waals surface area contributed by atoms with Crippen molar-refractivity contribution in [3.8, 4) is 5.75 Å². The summed E-state index contributed by atoms with van der Waals surface area (Å²) < 4.78 is 11.5. The Hall–Kier alpha value is -1.55. The van der Waals surface area contributed by atoms with Crippen LogP contribution < -0.4 is 10.1 Å². The summed E-state index contributed by atoms with van der Waals surface area (Å²) in [6.07, 6.45) is 2.07. The lowest BCUT2D eigenvalue weighted by Gasteiger charge is -2.10. The van der Waals surface area contributed by atoms with Gasteiger partial charge in [0, 0.05) is 11.8 Å². The predicted octanol–water partition coefficient (Wildman–Crippen LogP) is 4.79. The van der Waals surface area contributed by atoms with Crippen molar-refractivity contribution in [3.63, 3.8) is 0 Å². The van der Waals surface area contributed by atoms with Crippen molar-refractivity contribution < 1.29 is 9.15 Å². The van der Waals surface area contributed by atoms with Crippen molar-refractivity contribution in [2.24, 2.45) is 5.92 Å². The van der Waals surface area contributed by atoms with Gasteiger partial charge in [-0.3, -0.25) is 0 Å². The fraction of sp³-hybridized carbons (Fsp3) is 0.412. The minimum atomic E-state index is 0.527. The zero-order valence-electron chi connectivity index (χ0n) is 12.9. The van der Waals surface area contributed by atoms with Gasteiger partial charge in [0.2, 0.25) is 0 Å². The highest BCUT2D eigenvalue weighted by atomic mass is 32.2. The smallest absolute Gasteiger partial charge is 0.123 e. The SMILES string of the molecule is CSCc1ccc(CNc2cccc(OCC(C)C)c2)o1. The van der Waals surface area contributed by atoms with Crippen LogP contribution in [0.1, 0.15) is 25.4 Å². The average molecular weight is 305 g/mol. The normalized spacial score (nSPS) is 10.9. The molecule has 3 nitrogen and oxygen atoms in total. The van der Waals surface area contributed by atoms with Crippen molar-refractivity contribution in [1.82, 2.24) is 0 Å². The molecule has 0 fully saturated rings. The third-order valence-corrected chi connectivity index (χ3v) is 3.46. The van der Waals surface area contributed by atoms with Crippen LogP contribution in [0.4, 0.5) is 5.69 Å². The van der Waals surface area contributed by atoms with E-state index < -0.39 is 0 Å². The van der Waals surface area contributed by atoms with Gasteiger partial charge in [-0.05, 0) is 36.4 Å². The quantitative estimate of drug-likeness (QED) is 0.760. The third kappa shape index (κ3) is 5.38. The topological polar surface area (TPSA) is 34.4 Å². The van der Waals surface area contributed by atoms with E-state index in [4.69, 9.17) is 9.15 Å². The van der Waals surface area contributed by atoms with Crippen LogP contribution in [0.3, 0.4) is 0 Å². The van der Waals surface area contributed by atoms with E-state index in [1.165, 1.54) is 0 Å². The number of thioether (sulfide) groups is 1. The van der Waals surface area contributed by atoms with E-state index in [-0.39, 0.29) is 0 Å². The minimum absolute atomic E-state index is 0.527. The standard InChI is InChI=1S/C17H23NO2S/c1-13(2)11-19-15-6-4-5-14(9-15)18-10-16-7-8-17(20-16)12-21-3/h4-9,13,18H,10-12H2,1-3H3. The molecule has 0 radical (unpaired) electrons. The molecule has 4 heteroatoms. The zero-order valence-corrected chi connectivity index (χ0v) is 13.7. The lowest BCUT2D eigenvalue weighted by atomic mass is 10.2. The predicted molar refractivity (Wildman–Crippen MR) is 90.0 cm³/mol. The van der Waals surface area contributed by atoms with Crippen LogP contribution in [0.15, 0.2) is 40.8 Å². The number of hydrogen-bond acceptors (Lipinski definition) is 4. The number of ether oxygens (including phenoxy) is 1. The average Bonchev–Trinajstić information content (AvgIpc) is 2.92. The first kappa shape index (κ1) is 15.8. The highest BCUT2D eigenvalue weighted by Gasteiger charge is 2.03.